The summed E-state index contributed by atoms with van der Waals surface area (Å²) >= 11 is 7.67. The molecule has 0 fully saturated rings. The van der Waals surface area contributed by atoms with Gasteiger partial charge in [-0.15, -0.1) is 11.3 Å². The number of nitrogens with two attached hydrogens (primary N) is 1. The Kier molecular flexibility index (Phi) is 6.83. The highest BCUT2D eigenvalue weighted by Gasteiger charge is 2.20. The van der Waals surface area contributed by atoms with Crippen LogP contribution in [0.15, 0.2) is 60.0 Å². The zero-order valence-electron chi connectivity index (χ0n) is 15.5. The molecule has 6 heteroatoms. The molecule has 0 saturated carbocycles. The summed E-state index contributed by atoms with van der Waals surface area (Å²) in [6.07, 6.45) is 0.997. The first-order valence-electron chi connectivity index (χ1n) is 9.05. The third-order valence-corrected chi connectivity index (χ3v) is 5.70. The van der Waals surface area contributed by atoms with E-state index in [-0.39, 0.29) is 18.5 Å². The maximum Gasteiger partial charge on any atom is 0.279 e. The van der Waals surface area contributed by atoms with Crippen LogP contribution in [0.2, 0.25) is 5.02 Å². The average Bonchev–Trinajstić information content (AvgIpc) is 3.23. The number of thiophene rings is 1. The van der Waals surface area contributed by atoms with Crippen LogP contribution in [0.1, 0.15) is 34.5 Å². The second-order valence-corrected chi connectivity index (χ2v) is 7.79. The zero-order chi connectivity index (χ0) is 19.9. The summed E-state index contributed by atoms with van der Waals surface area (Å²) in [7, 11) is 0. The minimum absolute atomic E-state index is 0.0476. The lowest BCUT2D eigenvalue weighted by Gasteiger charge is -2.15. The fraction of sp³-hybridized carbons (Fsp3) is 0.182. The molecule has 1 atom stereocenters. The molecule has 1 heterocycles. The standard InChI is InChI=1S/C22H20ClN3OS/c1-2-15-5-7-16(8-6-15)22(20-4-3-11-28-20)25-14-21(27)26-19-12-18(23)10-9-17(19)13-24/h3-12,22,25H,2,14H2,1H3,(H,26,27)/p+1/t22-/m1/s1. The summed E-state index contributed by atoms with van der Waals surface area (Å²) in [5.41, 5.74) is 3.28. The van der Waals surface area contributed by atoms with E-state index in [9.17, 15) is 10.1 Å². The van der Waals surface area contributed by atoms with Crippen molar-refractivity contribution in [2.75, 3.05) is 11.9 Å². The Balaban J connectivity index is 1.72. The van der Waals surface area contributed by atoms with Gasteiger partial charge in [-0.1, -0.05) is 48.9 Å². The number of quaternary nitrogens is 1. The molecule has 0 aliphatic heterocycles. The van der Waals surface area contributed by atoms with Gasteiger partial charge in [-0.05, 0) is 41.6 Å². The third kappa shape index (κ3) is 4.99. The van der Waals surface area contributed by atoms with Crippen LogP contribution in [0, 0.1) is 11.3 Å². The Bertz CT molecular complexity index is 978. The number of hydrogen-bond acceptors (Lipinski definition) is 3. The van der Waals surface area contributed by atoms with Gasteiger partial charge in [-0.2, -0.15) is 5.26 Å². The number of nitrogens with one attached hydrogen (secondary N) is 1. The highest BCUT2D eigenvalue weighted by atomic mass is 35.5. The molecule has 28 heavy (non-hydrogen) atoms. The number of amides is 1. The van der Waals surface area contributed by atoms with Crippen molar-refractivity contribution in [1.29, 1.82) is 5.26 Å². The number of benzene rings is 2. The number of carbonyl (C=O) groups excluding carboxylic acids is 1. The number of aryl methyl sites for hydroxylation is 1. The molecular formula is C22H21ClN3OS+. The third-order valence-electron chi connectivity index (χ3n) is 4.51. The Hall–Kier alpha value is -2.65. The number of anilines is 1. The van der Waals surface area contributed by atoms with Crippen molar-refractivity contribution in [2.24, 2.45) is 0 Å². The van der Waals surface area contributed by atoms with Crippen molar-refractivity contribution in [3.63, 3.8) is 0 Å². The van der Waals surface area contributed by atoms with E-state index in [4.69, 9.17) is 11.6 Å². The van der Waals surface area contributed by atoms with E-state index < -0.39 is 0 Å². The Morgan fingerprint density at radius 2 is 2.04 bits per heavy atom. The van der Waals surface area contributed by atoms with Crippen LogP contribution in [0.3, 0.4) is 0 Å². The number of rotatable bonds is 7. The van der Waals surface area contributed by atoms with Crippen molar-refractivity contribution in [3.05, 3.63) is 86.6 Å². The minimum Gasteiger partial charge on any atom is -0.328 e. The van der Waals surface area contributed by atoms with Gasteiger partial charge in [-0.3, -0.25) is 4.79 Å². The van der Waals surface area contributed by atoms with E-state index in [0.717, 1.165) is 12.0 Å². The molecule has 0 aliphatic rings. The van der Waals surface area contributed by atoms with Crippen LogP contribution in [-0.4, -0.2) is 12.5 Å². The van der Waals surface area contributed by atoms with E-state index in [1.54, 1.807) is 29.5 Å². The number of hydrogen-bond donors (Lipinski definition) is 2. The number of carbonyl (C=O) groups is 1. The second-order valence-electron chi connectivity index (χ2n) is 6.38. The first-order valence-corrected chi connectivity index (χ1v) is 10.3. The molecule has 4 nitrogen and oxygen atoms in total. The molecule has 0 unspecified atom stereocenters. The van der Waals surface area contributed by atoms with Crippen LogP contribution < -0.4 is 10.6 Å². The van der Waals surface area contributed by atoms with Crippen molar-refractivity contribution >= 4 is 34.5 Å². The fourth-order valence-corrected chi connectivity index (χ4v) is 4.01. The molecule has 0 aliphatic carbocycles. The Labute approximate surface area is 173 Å². The lowest BCUT2D eigenvalue weighted by molar-refractivity contribution is -0.675. The molecule has 3 rings (SSSR count). The summed E-state index contributed by atoms with van der Waals surface area (Å²) in [6, 6.07) is 19.6. The molecule has 0 bridgehead atoms. The van der Waals surface area contributed by atoms with Gasteiger partial charge in [0.1, 0.15) is 12.1 Å². The summed E-state index contributed by atoms with van der Waals surface area (Å²) in [6.45, 7) is 2.36. The first-order chi connectivity index (χ1) is 13.6. The normalized spacial score (nSPS) is 11.6. The van der Waals surface area contributed by atoms with E-state index in [1.807, 2.05) is 16.8 Å². The van der Waals surface area contributed by atoms with Crippen LogP contribution in [0.5, 0.6) is 0 Å². The highest BCUT2D eigenvalue weighted by Crippen LogP contribution is 2.23. The zero-order valence-corrected chi connectivity index (χ0v) is 17.1. The largest absolute Gasteiger partial charge is 0.328 e. The second kappa shape index (κ2) is 9.52. The highest BCUT2D eigenvalue weighted by molar-refractivity contribution is 7.10. The van der Waals surface area contributed by atoms with Crippen molar-refractivity contribution in [3.8, 4) is 6.07 Å². The summed E-state index contributed by atoms with van der Waals surface area (Å²) in [4.78, 5) is 13.7. The molecule has 3 aromatic rings. The lowest BCUT2D eigenvalue weighted by atomic mass is 10.0. The topological polar surface area (TPSA) is 69.5 Å². The minimum atomic E-state index is -0.175. The lowest BCUT2D eigenvalue weighted by Crippen LogP contribution is -2.87. The molecule has 3 N–H and O–H groups in total. The van der Waals surface area contributed by atoms with Gasteiger partial charge in [0.15, 0.2) is 6.54 Å². The van der Waals surface area contributed by atoms with Gasteiger partial charge >= 0.3 is 0 Å². The predicted octanol–water partition coefficient (Wildman–Crippen LogP) is 4.13. The fourth-order valence-electron chi connectivity index (χ4n) is 2.99. The van der Waals surface area contributed by atoms with Gasteiger partial charge in [0.25, 0.3) is 5.91 Å². The molecule has 0 spiro atoms. The summed E-state index contributed by atoms with van der Waals surface area (Å²) in [5, 5.41) is 16.5. The molecule has 2 aromatic carbocycles. The number of nitrogens with zero attached hydrogens (tertiary/aromatic N) is 1. The maximum atomic E-state index is 12.5. The van der Waals surface area contributed by atoms with Crippen LogP contribution in [0.4, 0.5) is 5.69 Å². The van der Waals surface area contributed by atoms with Crippen molar-refractivity contribution in [1.82, 2.24) is 0 Å². The van der Waals surface area contributed by atoms with E-state index >= 15 is 0 Å². The van der Waals surface area contributed by atoms with E-state index in [0.29, 0.717) is 16.3 Å². The number of nitriles is 1. The van der Waals surface area contributed by atoms with Gasteiger partial charge < -0.3 is 10.6 Å². The van der Waals surface area contributed by atoms with Crippen LogP contribution in [0.25, 0.3) is 0 Å². The van der Waals surface area contributed by atoms with Gasteiger partial charge in [0.05, 0.1) is 16.1 Å². The maximum absolute atomic E-state index is 12.5. The SMILES string of the molecule is CCc1ccc([C@@H]([NH2+]CC(=O)Nc2cc(Cl)ccc2C#N)c2cccs2)cc1. The van der Waals surface area contributed by atoms with E-state index in [2.05, 4.69) is 48.6 Å². The molecule has 1 amide bonds. The predicted molar refractivity (Wildman–Crippen MR) is 114 cm³/mol. The van der Waals surface area contributed by atoms with E-state index in [1.165, 1.54) is 10.4 Å². The number of halogens is 1. The van der Waals surface area contributed by atoms with Crippen LogP contribution in [-0.2, 0) is 11.2 Å². The Morgan fingerprint density at radius 1 is 1.25 bits per heavy atom. The quantitative estimate of drug-likeness (QED) is 0.614. The smallest absolute Gasteiger partial charge is 0.279 e. The summed E-state index contributed by atoms with van der Waals surface area (Å²) < 4.78 is 0. The molecular weight excluding hydrogens is 390 g/mol. The molecule has 0 radical (unpaired) electrons. The van der Waals surface area contributed by atoms with Crippen LogP contribution >= 0.6 is 22.9 Å². The van der Waals surface area contributed by atoms with Crippen molar-refractivity contribution < 1.29 is 10.1 Å². The van der Waals surface area contributed by atoms with Gasteiger partial charge in [0, 0.05) is 10.6 Å². The van der Waals surface area contributed by atoms with Crippen molar-refractivity contribution in [2.45, 2.75) is 19.4 Å². The average molecular weight is 411 g/mol. The molecule has 142 valence electrons. The van der Waals surface area contributed by atoms with Gasteiger partial charge in [0.2, 0.25) is 0 Å². The summed E-state index contributed by atoms with van der Waals surface area (Å²) in [5.74, 6) is -0.175. The molecule has 1 aromatic heterocycles. The molecule has 0 saturated heterocycles. The Morgan fingerprint density at radius 3 is 2.68 bits per heavy atom. The first kappa shape index (κ1) is 20.1. The van der Waals surface area contributed by atoms with Gasteiger partial charge in [-0.25, -0.2) is 0 Å². The monoisotopic (exact) mass is 410 g/mol.